The Balaban J connectivity index is 2.72. The van der Waals surface area contributed by atoms with Gasteiger partial charge in [0.25, 0.3) is 0 Å². The van der Waals surface area contributed by atoms with Crippen molar-refractivity contribution in [3.05, 3.63) is 29.8 Å². The lowest BCUT2D eigenvalue weighted by molar-refractivity contribution is -0.147. The van der Waals surface area contributed by atoms with Gasteiger partial charge in [0.2, 0.25) is 5.91 Å². The third-order valence-corrected chi connectivity index (χ3v) is 3.16. The molecule has 0 fully saturated rings. The molecule has 1 atom stereocenters. The summed E-state index contributed by atoms with van der Waals surface area (Å²) in [5.41, 5.74) is 0.787. The number of carbonyl (C=O) groups is 2. The second kappa shape index (κ2) is 9.07. The van der Waals surface area contributed by atoms with Gasteiger partial charge in [-0.1, -0.05) is 32.0 Å². The van der Waals surface area contributed by atoms with Gasteiger partial charge in [0, 0.05) is 5.56 Å². The van der Waals surface area contributed by atoms with Gasteiger partial charge in [-0.15, -0.1) is 0 Å². The molecule has 0 aliphatic heterocycles. The molecule has 122 valence electrons. The van der Waals surface area contributed by atoms with Crippen molar-refractivity contribution in [2.75, 3.05) is 13.7 Å². The molecule has 0 saturated carbocycles. The molecule has 0 saturated heterocycles. The van der Waals surface area contributed by atoms with Crippen LogP contribution < -0.4 is 10.1 Å². The van der Waals surface area contributed by atoms with Gasteiger partial charge in [0.05, 0.1) is 20.1 Å². The molecule has 1 N–H and O–H groups in total. The molecule has 5 heteroatoms. The van der Waals surface area contributed by atoms with Crippen molar-refractivity contribution in [3.8, 4) is 5.75 Å². The summed E-state index contributed by atoms with van der Waals surface area (Å²) in [5, 5.41) is 2.76. The first kappa shape index (κ1) is 18.0. The number of esters is 1. The van der Waals surface area contributed by atoms with E-state index in [2.05, 4.69) is 5.32 Å². The Labute approximate surface area is 132 Å². The standard InChI is InChI=1S/C17H25NO4/c1-5-22-17(20)14(10-12(2)3)18-16(19)11-13-8-6-7-9-15(13)21-4/h6-9,12,14H,5,10-11H2,1-4H3,(H,18,19)/t14-/m0/s1. The van der Waals surface area contributed by atoms with Crippen LogP contribution in [0.1, 0.15) is 32.8 Å². The molecule has 0 aromatic heterocycles. The Morgan fingerprint density at radius 2 is 1.91 bits per heavy atom. The Morgan fingerprint density at radius 3 is 2.50 bits per heavy atom. The number of amides is 1. The molecule has 0 aliphatic rings. The van der Waals surface area contributed by atoms with E-state index in [1.54, 1.807) is 20.1 Å². The molecule has 1 rings (SSSR count). The fourth-order valence-corrected chi connectivity index (χ4v) is 2.20. The van der Waals surface area contributed by atoms with Crippen molar-refractivity contribution >= 4 is 11.9 Å². The first-order valence-electron chi connectivity index (χ1n) is 7.55. The zero-order valence-corrected chi connectivity index (χ0v) is 13.7. The topological polar surface area (TPSA) is 64.6 Å². The summed E-state index contributed by atoms with van der Waals surface area (Å²) in [6.07, 6.45) is 0.717. The van der Waals surface area contributed by atoms with Crippen molar-refractivity contribution in [1.82, 2.24) is 5.32 Å². The summed E-state index contributed by atoms with van der Waals surface area (Å²) in [5.74, 6) is 0.336. The maximum atomic E-state index is 12.2. The number of para-hydroxylation sites is 1. The van der Waals surface area contributed by atoms with Gasteiger partial charge in [-0.2, -0.15) is 0 Å². The Morgan fingerprint density at radius 1 is 1.23 bits per heavy atom. The van der Waals surface area contributed by atoms with Gasteiger partial charge < -0.3 is 14.8 Å². The highest BCUT2D eigenvalue weighted by molar-refractivity contribution is 5.86. The average Bonchev–Trinajstić information content (AvgIpc) is 2.46. The van der Waals surface area contributed by atoms with Crippen LogP contribution in [-0.2, 0) is 20.7 Å². The number of benzene rings is 1. The first-order chi connectivity index (χ1) is 10.5. The van der Waals surface area contributed by atoms with Crippen molar-refractivity contribution in [2.45, 2.75) is 39.7 Å². The van der Waals surface area contributed by atoms with Crippen LogP contribution in [0.3, 0.4) is 0 Å². The molecule has 1 aromatic rings. The van der Waals surface area contributed by atoms with E-state index in [0.717, 1.165) is 5.56 Å². The molecule has 0 heterocycles. The van der Waals surface area contributed by atoms with Crippen LogP contribution in [0.2, 0.25) is 0 Å². The van der Waals surface area contributed by atoms with E-state index in [4.69, 9.17) is 9.47 Å². The molecule has 0 unspecified atom stereocenters. The minimum absolute atomic E-state index is 0.165. The molecule has 0 radical (unpaired) electrons. The van der Waals surface area contributed by atoms with Gasteiger partial charge in [-0.25, -0.2) is 4.79 Å². The maximum absolute atomic E-state index is 12.2. The zero-order chi connectivity index (χ0) is 16.5. The fraction of sp³-hybridized carbons (Fsp3) is 0.529. The summed E-state index contributed by atoms with van der Waals surface area (Å²) < 4.78 is 10.3. The summed E-state index contributed by atoms with van der Waals surface area (Å²) in [6.45, 7) is 6.05. The molecule has 0 spiro atoms. The number of hydrogen-bond acceptors (Lipinski definition) is 4. The zero-order valence-electron chi connectivity index (χ0n) is 13.7. The van der Waals surface area contributed by atoms with Crippen LogP contribution in [0.15, 0.2) is 24.3 Å². The lowest BCUT2D eigenvalue weighted by Crippen LogP contribution is -2.43. The van der Waals surface area contributed by atoms with Gasteiger partial charge in [0.15, 0.2) is 0 Å². The van der Waals surface area contributed by atoms with Crippen LogP contribution in [0.5, 0.6) is 5.75 Å². The van der Waals surface area contributed by atoms with E-state index in [1.807, 2.05) is 32.0 Å². The number of rotatable bonds is 8. The second-order valence-corrected chi connectivity index (χ2v) is 5.49. The van der Waals surface area contributed by atoms with E-state index in [0.29, 0.717) is 18.8 Å². The lowest BCUT2D eigenvalue weighted by atomic mass is 10.0. The van der Waals surface area contributed by atoms with Crippen molar-refractivity contribution in [3.63, 3.8) is 0 Å². The van der Waals surface area contributed by atoms with Crippen molar-refractivity contribution in [1.29, 1.82) is 0 Å². The highest BCUT2D eigenvalue weighted by Gasteiger charge is 2.23. The number of carbonyl (C=O) groups excluding carboxylic acids is 2. The minimum atomic E-state index is -0.609. The van der Waals surface area contributed by atoms with Crippen LogP contribution in [0.25, 0.3) is 0 Å². The highest BCUT2D eigenvalue weighted by atomic mass is 16.5. The molecule has 1 aromatic carbocycles. The number of nitrogens with one attached hydrogen (secondary N) is 1. The van der Waals surface area contributed by atoms with Crippen molar-refractivity contribution < 1.29 is 19.1 Å². The Hall–Kier alpha value is -2.04. The summed E-state index contributed by atoms with van der Waals surface area (Å²) >= 11 is 0. The fourth-order valence-electron chi connectivity index (χ4n) is 2.20. The van der Waals surface area contributed by atoms with Crippen LogP contribution in [0, 0.1) is 5.92 Å². The largest absolute Gasteiger partial charge is 0.496 e. The number of ether oxygens (including phenoxy) is 2. The van der Waals surface area contributed by atoms with Gasteiger partial charge >= 0.3 is 5.97 Å². The van der Waals surface area contributed by atoms with Crippen LogP contribution >= 0.6 is 0 Å². The van der Waals surface area contributed by atoms with E-state index in [1.165, 1.54) is 0 Å². The summed E-state index contributed by atoms with van der Waals surface area (Å²) in [4.78, 5) is 24.1. The molecule has 0 bridgehead atoms. The smallest absolute Gasteiger partial charge is 0.328 e. The van der Waals surface area contributed by atoms with E-state index >= 15 is 0 Å². The molecule has 0 aliphatic carbocycles. The molecule has 22 heavy (non-hydrogen) atoms. The van der Waals surface area contributed by atoms with Crippen LogP contribution in [0.4, 0.5) is 0 Å². The van der Waals surface area contributed by atoms with E-state index < -0.39 is 6.04 Å². The van der Waals surface area contributed by atoms with Crippen molar-refractivity contribution in [2.24, 2.45) is 5.92 Å². The normalized spacial score (nSPS) is 11.9. The predicted molar refractivity (Wildman–Crippen MR) is 84.7 cm³/mol. The molecule has 5 nitrogen and oxygen atoms in total. The Bertz CT molecular complexity index is 499. The third-order valence-electron chi connectivity index (χ3n) is 3.16. The second-order valence-electron chi connectivity index (χ2n) is 5.49. The average molecular weight is 307 g/mol. The van der Waals surface area contributed by atoms with Crippen LogP contribution in [-0.4, -0.2) is 31.6 Å². The molecule has 1 amide bonds. The first-order valence-corrected chi connectivity index (χ1v) is 7.55. The monoisotopic (exact) mass is 307 g/mol. The predicted octanol–water partition coefficient (Wildman–Crippen LogP) is 2.33. The highest BCUT2D eigenvalue weighted by Crippen LogP contribution is 2.18. The van der Waals surface area contributed by atoms with Gasteiger partial charge in [0.1, 0.15) is 11.8 Å². The summed E-state index contributed by atoms with van der Waals surface area (Å²) in [7, 11) is 1.57. The summed E-state index contributed by atoms with van der Waals surface area (Å²) in [6, 6.07) is 6.73. The lowest BCUT2D eigenvalue weighted by Gasteiger charge is -2.19. The third kappa shape index (κ3) is 5.76. The van der Waals surface area contributed by atoms with Gasteiger partial charge in [-0.3, -0.25) is 4.79 Å². The molecular formula is C17H25NO4. The van der Waals surface area contributed by atoms with Gasteiger partial charge in [-0.05, 0) is 25.3 Å². The maximum Gasteiger partial charge on any atom is 0.328 e. The molecular weight excluding hydrogens is 282 g/mol. The SMILES string of the molecule is CCOC(=O)[C@H](CC(C)C)NC(=O)Cc1ccccc1OC. The Kier molecular flexibility index (Phi) is 7.43. The minimum Gasteiger partial charge on any atom is -0.496 e. The quantitative estimate of drug-likeness (QED) is 0.749. The number of hydrogen-bond donors (Lipinski definition) is 1. The number of methoxy groups -OCH3 is 1. The van der Waals surface area contributed by atoms with E-state index in [-0.39, 0.29) is 24.2 Å². The van der Waals surface area contributed by atoms with E-state index in [9.17, 15) is 9.59 Å².